The van der Waals surface area contributed by atoms with Gasteiger partial charge < -0.3 is 10.0 Å². The van der Waals surface area contributed by atoms with Gasteiger partial charge in [-0.1, -0.05) is 18.2 Å². The first-order chi connectivity index (χ1) is 5.52. The van der Waals surface area contributed by atoms with Gasteiger partial charge in [0.25, 0.3) is 0 Å². The molecule has 0 radical (unpaired) electrons. The van der Waals surface area contributed by atoms with E-state index in [9.17, 15) is 4.79 Å². The number of carboxylic acid groups (broad SMARTS) is 1. The Labute approximate surface area is 75.2 Å². The van der Waals surface area contributed by atoms with Crippen molar-refractivity contribution in [2.45, 2.75) is 0 Å². The fourth-order valence-electron chi connectivity index (χ4n) is 0.829. The minimum Gasteiger partial charge on any atom is -0.478 e. The molecule has 0 unspecified atom stereocenters. The summed E-state index contributed by atoms with van der Waals surface area (Å²) in [5.41, 5.74) is 0.761. The highest BCUT2D eigenvalue weighted by molar-refractivity contribution is 6.32. The molecule has 0 aromatic carbocycles. The van der Waals surface area contributed by atoms with Crippen molar-refractivity contribution in [3.05, 3.63) is 35.2 Å². The van der Waals surface area contributed by atoms with Gasteiger partial charge in [-0.15, -0.1) is 0 Å². The largest absolute Gasteiger partial charge is 0.478 e. The van der Waals surface area contributed by atoms with E-state index in [-0.39, 0.29) is 5.57 Å². The van der Waals surface area contributed by atoms with Crippen LogP contribution in [-0.2, 0) is 4.79 Å². The van der Waals surface area contributed by atoms with Crippen LogP contribution in [0.15, 0.2) is 35.2 Å². The van der Waals surface area contributed by atoms with Crippen LogP contribution in [0.25, 0.3) is 0 Å². The van der Waals surface area contributed by atoms with Gasteiger partial charge in [0, 0.05) is 13.2 Å². The lowest BCUT2D eigenvalue weighted by Gasteiger charge is -2.21. The Bertz CT molecular complexity index is 304. The molecule has 3 nitrogen and oxygen atoms in total. The number of aliphatic carboxylic acids is 1. The van der Waals surface area contributed by atoms with Crippen LogP contribution in [0.3, 0.4) is 0 Å². The van der Waals surface area contributed by atoms with Crippen LogP contribution >= 0.6 is 11.6 Å². The van der Waals surface area contributed by atoms with E-state index in [1.165, 1.54) is 12.3 Å². The molecule has 12 heavy (non-hydrogen) atoms. The summed E-state index contributed by atoms with van der Waals surface area (Å²) in [5.74, 6) is -0.993. The van der Waals surface area contributed by atoms with E-state index in [4.69, 9.17) is 16.7 Å². The molecular formula is C8H8ClNO2. The second-order valence-corrected chi connectivity index (χ2v) is 2.85. The quantitative estimate of drug-likeness (QED) is 0.674. The van der Waals surface area contributed by atoms with E-state index in [0.29, 0.717) is 10.7 Å². The van der Waals surface area contributed by atoms with Crippen molar-refractivity contribution >= 4 is 17.6 Å². The summed E-state index contributed by atoms with van der Waals surface area (Å²) >= 11 is 5.72. The molecule has 1 aliphatic rings. The Kier molecular flexibility index (Phi) is 2.24. The second-order valence-electron chi connectivity index (χ2n) is 2.44. The standard InChI is InChI=1S/C8H8ClNO2/c1-5-7(9)3-6(8(11)12)4-10(5)2/h3-4H,1H2,2H3,(H,11,12). The first kappa shape index (κ1) is 8.87. The van der Waals surface area contributed by atoms with Gasteiger partial charge in [0.05, 0.1) is 16.3 Å². The molecular weight excluding hydrogens is 178 g/mol. The topological polar surface area (TPSA) is 40.5 Å². The van der Waals surface area contributed by atoms with Gasteiger partial charge in [-0.05, 0) is 6.08 Å². The third-order valence-electron chi connectivity index (χ3n) is 1.56. The predicted molar refractivity (Wildman–Crippen MR) is 46.6 cm³/mol. The maximum Gasteiger partial charge on any atom is 0.337 e. The first-order valence-electron chi connectivity index (χ1n) is 3.27. The Morgan fingerprint density at radius 2 is 2.33 bits per heavy atom. The lowest BCUT2D eigenvalue weighted by molar-refractivity contribution is -0.132. The lowest BCUT2D eigenvalue weighted by Crippen LogP contribution is -2.16. The van der Waals surface area contributed by atoms with Gasteiger partial charge in [-0.25, -0.2) is 4.79 Å². The average Bonchev–Trinajstić information content (AvgIpc) is 1.99. The molecule has 0 spiro atoms. The van der Waals surface area contributed by atoms with Crippen molar-refractivity contribution in [1.29, 1.82) is 0 Å². The molecule has 0 aliphatic carbocycles. The van der Waals surface area contributed by atoms with Gasteiger partial charge in [0.2, 0.25) is 0 Å². The smallest absolute Gasteiger partial charge is 0.337 e. The van der Waals surface area contributed by atoms with E-state index in [1.807, 2.05) is 0 Å². The van der Waals surface area contributed by atoms with Crippen LogP contribution in [-0.4, -0.2) is 23.0 Å². The minimum atomic E-state index is -0.993. The van der Waals surface area contributed by atoms with E-state index < -0.39 is 5.97 Å². The summed E-state index contributed by atoms with van der Waals surface area (Å²) in [6.07, 6.45) is 2.85. The van der Waals surface area contributed by atoms with Crippen molar-refractivity contribution in [3.8, 4) is 0 Å². The van der Waals surface area contributed by atoms with Crippen LogP contribution in [0.5, 0.6) is 0 Å². The normalized spacial score (nSPS) is 17.2. The highest BCUT2D eigenvalue weighted by atomic mass is 35.5. The van der Waals surface area contributed by atoms with Crippen LogP contribution < -0.4 is 0 Å². The Morgan fingerprint density at radius 1 is 1.75 bits per heavy atom. The van der Waals surface area contributed by atoms with E-state index in [1.54, 1.807) is 11.9 Å². The third-order valence-corrected chi connectivity index (χ3v) is 1.89. The zero-order chi connectivity index (χ0) is 9.30. The maximum atomic E-state index is 10.5. The SMILES string of the molecule is C=C1C(Cl)=CC(C(=O)O)=CN1C. The molecule has 0 bridgehead atoms. The summed E-state index contributed by atoms with van der Waals surface area (Å²) in [6, 6.07) is 0. The molecule has 0 atom stereocenters. The zero-order valence-electron chi connectivity index (χ0n) is 6.54. The number of carboxylic acids is 1. The van der Waals surface area contributed by atoms with Gasteiger partial charge in [-0.2, -0.15) is 0 Å². The van der Waals surface area contributed by atoms with Gasteiger partial charge >= 0.3 is 5.97 Å². The van der Waals surface area contributed by atoms with Crippen molar-refractivity contribution < 1.29 is 9.90 Å². The Morgan fingerprint density at radius 3 is 2.75 bits per heavy atom. The number of halogens is 1. The summed E-state index contributed by atoms with van der Waals surface area (Å²) < 4.78 is 0. The van der Waals surface area contributed by atoms with Crippen molar-refractivity contribution in [1.82, 2.24) is 4.90 Å². The number of rotatable bonds is 1. The monoisotopic (exact) mass is 185 g/mol. The molecule has 1 N–H and O–H groups in total. The predicted octanol–water partition coefficient (Wildman–Crippen LogP) is 1.54. The van der Waals surface area contributed by atoms with Crippen molar-refractivity contribution in [2.75, 3.05) is 7.05 Å². The molecule has 0 aromatic rings. The fraction of sp³-hybridized carbons (Fsp3) is 0.125. The molecule has 4 heteroatoms. The number of hydrogen-bond acceptors (Lipinski definition) is 2. The molecule has 1 rings (SSSR count). The van der Waals surface area contributed by atoms with Crippen LogP contribution in [0, 0.1) is 0 Å². The Hall–Kier alpha value is -1.22. The lowest BCUT2D eigenvalue weighted by atomic mass is 10.2. The highest BCUT2D eigenvalue weighted by Crippen LogP contribution is 2.23. The average molecular weight is 186 g/mol. The van der Waals surface area contributed by atoms with E-state index in [0.717, 1.165) is 0 Å². The maximum absolute atomic E-state index is 10.5. The van der Waals surface area contributed by atoms with Gasteiger partial charge in [0.15, 0.2) is 0 Å². The number of nitrogens with zero attached hydrogens (tertiary/aromatic N) is 1. The van der Waals surface area contributed by atoms with Crippen molar-refractivity contribution in [2.24, 2.45) is 0 Å². The summed E-state index contributed by atoms with van der Waals surface area (Å²) in [5, 5.41) is 8.99. The molecule has 1 heterocycles. The highest BCUT2D eigenvalue weighted by Gasteiger charge is 2.15. The molecule has 0 saturated heterocycles. The molecule has 1 aliphatic heterocycles. The van der Waals surface area contributed by atoms with Gasteiger partial charge in [-0.3, -0.25) is 0 Å². The van der Waals surface area contributed by atoms with Crippen LogP contribution in [0.4, 0.5) is 0 Å². The molecule has 64 valence electrons. The van der Waals surface area contributed by atoms with Crippen LogP contribution in [0.1, 0.15) is 0 Å². The third kappa shape index (κ3) is 1.51. The van der Waals surface area contributed by atoms with E-state index in [2.05, 4.69) is 6.58 Å². The minimum absolute atomic E-state index is 0.162. The Balaban J connectivity index is 3.03. The number of hydrogen-bond donors (Lipinski definition) is 1. The second kappa shape index (κ2) is 3.03. The van der Waals surface area contributed by atoms with Gasteiger partial charge in [0.1, 0.15) is 0 Å². The van der Waals surface area contributed by atoms with Crippen LogP contribution in [0.2, 0.25) is 0 Å². The van der Waals surface area contributed by atoms with Crippen molar-refractivity contribution in [3.63, 3.8) is 0 Å². The molecule has 0 fully saturated rings. The number of allylic oxidation sites excluding steroid dienone is 1. The first-order valence-corrected chi connectivity index (χ1v) is 3.64. The summed E-state index contributed by atoms with van der Waals surface area (Å²) in [6.45, 7) is 3.66. The van der Waals surface area contributed by atoms with E-state index >= 15 is 0 Å². The molecule has 0 amide bonds. The number of likely N-dealkylation sites (N-methyl/N-ethyl adjacent to an activating group) is 1. The molecule has 0 aromatic heterocycles. The number of carbonyl (C=O) groups is 1. The zero-order valence-corrected chi connectivity index (χ0v) is 7.30. The fourth-order valence-corrected chi connectivity index (χ4v) is 1.08. The summed E-state index contributed by atoms with van der Waals surface area (Å²) in [4.78, 5) is 12.1. The molecule has 0 saturated carbocycles. The summed E-state index contributed by atoms with van der Waals surface area (Å²) in [7, 11) is 1.70.